The van der Waals surface area contributed by atoms with Gasteiger partial charge in [0.25, 0.3) is 0 Å². The van der Waals surface area contributed by atoms with Gasteiger partial charge in [-0.2, -0.15) is 5.26 Å². The molecule has 0 aliphatic heterocycles. The van der Waals surface area contributed by atoms with Crippen molar-refractivity contribution in [3.8, 4) is 6.07 Å². The lowest BCUT2D eigenvalue weighted by Gasteiger charge is -2.14. The summed E-state index contributed by atoms with van der Waals surface area (Å²) in [6, 6.07) is 12.3. The first-order valence-electron chi connectivity index (χ1n) is 5.47. The first kappa shape index (κ1) is 13.7. The number of hydrogen-bond donors (Lipinski definition) is 1. The molecular weight excluding hydrogens is 286 g/mol. The summed E-state index contributed by atoms with van der Waals surface area (Å²) in [4.78, 5) is 0. The molecule has 0 aliphatic rings. The molecule has 0 aromatic heterocycles. The zero-order chi connectivity index (χ0) is 13.8. The first-order chi connectivity index (χ1) is 9.10. The van der Waals surface area contributed by atoms with Crippen LogP contribution in [0.2, 0.25) is 10.0 Å². The van der Waals surface area contributed by atoms with Gasteiger partial charge in [-0.1, -0.05) is 29.3 Å². The molecule has 2 aromatic rings. The molecule has 0 aliphatic carbocycles. The third kappa shape index (κ3) is 3.37. The van der Waals surface area contributed by atoms with Crippen LogP contribution < -0.4 is 5.32 Å². The number of nitriles is 1. The fraction of sp³-hybridized carbons (Fsp3) is 0.0714. The molecule has 0 spiro atoms. The lowest BCUT2D eigenvalue weighted by molar-refractivity contribution is 0.627. The van der Waals surface area contributed by atoms with Crippen molar-refractivity contribution in [1.29, 1.82) is 5.26 Å². The number of halogens is 3. The summed E-state index contributed by atoms with van der Waals surface area (Å²) < 4.78 is 13.0. The fourth-order valence-corrected chi connectivity index (χ4v) is 2.03. The predicted octanol–water partition coefficient (Wildman–Crippen LogP) is 4.81. The highest BCUT2D eigenvalue weighted by atomic mass is 35.5. The van der Waals surface area contributed by atoms with Crippen LogP contribution in [0.1, 0.15) is 11.6 Å². The van der Waals surface area contributed by atoms with Gasteiger partial charge < -0.3 is 5.32 Å². The van der Waals surface area contributed by atoms with Crippen molar-refractivity contribution in [3.05, 3.63) is 63.9 Å². The van der Waals surface area contributed by atoms with Gasteiger partial charge in [0.1, 0.15) is 11.9 Å². The van der Waals surface area contributed by atoms with Crippen molar-refractivity contribution >= 4 is 28.9 Å². The molecule has 96 valence electrons. The van der Waals surface area contributed by atoms with Crippen molar-refractivity contribution in [1.82, 2.24) is 0 Å². The van der Waals surface area contributed by atoms with Crippen molar-refractivity contribution in [2.24, 2.45) is 0 Å². The van der Waals surface area contributed by atoms with Crippen molar-refractivity contribution in [2.45, 2.75) is 6.04 Å². The van der Waals surface area contributed by atoms with Gasteiger partial charge >= 0.3 is 0 Å². The zero-order valence-corrected chi connectivity index (χ0v) is 11.2. The number of hydrogen-bond acceptors (Lipinski definition) is 2. The normalized spacial score (nSPS) is 11.7. The molecule has 0 heterocycles. The van der Waals surface area contributed by atoms with Gasteiger partial charge in [-0.3, -0.25) is 0 Å². The number of benzene rings is 2. The Bertz CT molecular complexity index is 620. The highest BCUT2D eigenvalue weighted by Gasteiger charge is 2.14. The minimum atomic E-state index is -0.658. The lowest BCUT2D eigenvalue weighted by atomic mass is 10.1. The highest BCUT2D eigenvalue weighted by molar-refractivity contribution is 6.31. The number of nitrogens with zero attached hydrogens (tertiary/aromatic N) is 1. The van der Waals surface area contributed by atoms with E-state index in [-0.39, 0.29) is 5.02 Å². The maximum Gasteiger partial charge on any atom is 0.141 e. The largest absolute Gasteiger partial charge is 0.366 e. The highest BCUT2D eigenvalue weighted by Crippen LogP contribution is 2.27. The van der Waals surface area contributed by atoms with Gasteiger partial charge in [0, 0.05) is 21.3 Å². The van der Waals surface area contributed by atoms with Crippen molar-refractivity contribution in [2.75, 3.05) is 5.32 Å². The van der Waals surface area contributed by atoms with E-state index in [9.17, 15) is 9.65 Å². The van der Waals surface area contributed by atoms with E-state index in [2.05, 4.69) is 11.4 Å². The molecule has 1 unspecified atom stereocenters. The summed E-state index contributed by atoms with van der Waals surface area (Å²) in [5.41, 5.74) is 1.26. The minimum Gasteiger partial charge on any atom is -0.366 e. The maximum atomic E-state index is 13.0. The van der Waals surface area contributed by atoms with Crippen LogP contribution in [0.5, 0.6) is 0 Å². The Morgan fingerprint density at radius 3 is 2.37 bits per heavy atom. The van der Waals surface area contributed by atoms with E-state index < -0.39 is 11.9 Å². The third-order valence-corrected chi connectivity index (χ3v) is 3.14. The summed E-state index contributed by atoms with van der Waals surface area (Å²) >= 11 is 11.7. The molecule has 19 heavy (non-hydrogen) atoms. The molecular formula is C14H9Cl2FN2. The summed E-state index contributed by atoms with van der Waals surface area (Å²) in [5, 5.41) is 13.0. The molecule has 2 nitrogen and oxygen atoms in total. The Morgan fingerprint density at radius 1 is 1.11 bits per heavy atom. The van der Waals surface area contributed by atoms with Crippen LogP contribution in [0.3, 0.4) is 0 Å². The molecule has 0 saturated heterocycles. The molecule has 1 atom stereocenters. The van der Waals surface area contributed by atoms with Crippen LogP contribution in [0.15, 0.2) is 42.5 Å². The van der Waals surface area contributed by atoms with Gasteiger partial charge in [0.05, 0.1) is 6.07 Å². The third-order valence-electron chi connectivity index (χ3n) is 2.56. The van der Waals surface area contributed by atoms with Crippen LogP contribution >= 0.6 is 23.2 Å². The Kier molecular flexibility index (Phi) is 4.26. The Hall–Kier alpha value is -1.76. The number of rotatable bonds is 3. The minimum absolute atomic E-state index is 0.216. The van der Waals surface area contributed by atoms with E-state index in [0.29, 0.717) is 10.6 Å². The van der Waals surface area contributed by atoms with Gasteiger partial charge in [0.15, 0.2) is 0 Å². The molecule has 5 heteroatoms. The van der Waals surface area contributed by atoms with Crippen LogP contribution in [-0.4, -0.2) is 0 Å². The van der Waals surface area contributed by atoms with Crippen LogP contribution in [-0.2, 0) is 0 Å². The molecule has 0 bridgehead atoms. The Labute approximate surface area is 120 Å². The molecule has 2 aromatic carbocycles. The number of nitrogens with one attached hydrogen (secondary N) is 1. The molecule has 0 fully saturated rings. The molecule has 0 amide bonds. The zero-order valence-electron chi connectivity index (χ0n) is 9.70. The van der Waals surface area contributed by atoms with Gasteiger partial charge in [-0.05, 0) is 36.4 Å². The van der Waals surface area contributed by atoms with Crippen LogP contribution in [0.4, 0.5) is 10.1 Å². The summed E-state index contributed by atoms with van der Waals surface area (Å²) in [5.74, 6) is -0.433. The van der Waals surface area contributed by atoms with Gasteiger partial charge in [-0.25, -0.2) is 4.39 Å². The van der Waals surface area contributed by atoms with Gasteiger partial charge in [-0.15, -0.1) is 0 Å². The van der Waals surface area contributed by atoms with E-state index in [4.69, 9.17) is 23.2 Å². The average Bonchev–Trinajstić information content (AvgIpc) is 2.39. The second-order valence-electron chi connectivity index (χ2n) is 3.88. The summed E-state index contributed by atoms with van der Waals surface area (Å²) in [6.45, 7) is 0. The van der Waals surface area contributed by atoms with Gasteiger partial charge in [0.2, 0.25) is 0 Å². The second kappa shape index (κ2) is 5.92. The molecule has 0 saturated carbocycles. The standard InChI is InChI=1S/C14H9Cl2FN2/c15-9-1-4-11(5-2-9)19-14(8-18)12-6-3-10(17)7-13(12)16/h1-7,14,19H. The molecule has 1 N–H and O–H groups in total. The fourth-order valence-electron chi connectivity index (χ4n) is 1.63. The second-order valence-corrected chi connectivity index (χ2v) is 4.72. The Morgan fingerprint density at radius 2 is 1.79 bits per heavy atom. The summed E-state index contributed by atoms with van der Waals surface area (Å²) in [6.07, 6.45) is 0. The summed E-state index contributed by atoms with van der Waals surface area (Å²) in [7, 11) is 0. The smallest absolute Gasteiger partial charge is 0.141 e. The quantitative estimate of drug-likeness (QED) is 0.882. The monoisotopic (exact) mass is 294 g/mol. The van der Waals surface area contributed by atoms with E-state index in [0.717, 1.165) is 5.69 Å². The maximum absolute atomic E-state index is 13.0. The molecule has 2 rings (SSSR count). The number of anilines is 1. The van der Waals surface area contributed by atoms with E-state index >= 15 is 0 Å². The van der Waals surface area contributed by atoms with Crippen LogP contribution in [0.25, 0.3) is 0 Å². The van der Waals surface area contributed by atoms with E-state index in [1.54, 1.807) is 24.3 Å². The van der Waals surface area contributed by atoms with Crippen molar-refractivity contribution in [3.63, 3.8) is 0 Å². The predicted molar refractivity (Wildman–Crippen MR) is 74.8 cm³/mol. The lowest BCUT2D eigenvalue weighted by Crippen LogP contribution is -2.09. The van der Waals surface area contributed by atoms with Crippen molar-refractivity contribution < 1.29 is 4.39 Å². The first-order valence-corrected chi connectivity index (χ1v) is 6.22. The topological polar surface area (TPSA) is 35.8 Å². The van der Waals surface area contributed by atoms with E-state index in [1.165, 1.54) is 18.2 Å². The van der Waals surface area contributed by atoms with E-state index in [1.807, 2.05) is 0 Å². The Balaban J connectivity index is 2.25. The van der Waals surface area contributed by atoms with Crippen LogP contribution in [0, 0.1) is 17.1 Å². The SMILES string of the molecule is N#CC(Nc1ccc(Cl)cc1)c1ccc(F)cc1Cl. The average molecular weight is 295 g/mol. The molecule has 0 radical (unpaired) electrons.